The number of rotatable bonds is 6. The zero-order valence-corrected chi connectivity index (χ0v) is 17.1. The van der Waals surface area contributed by atoms with Gasteiger partial charge in [-0.15, -0.1) is 5.10 Å². The van der Waals surface area contributed by atoms with Crippen LogP contribution in [0.4, 0.5) is 11.6 Å². The average molecular weight is 405 g/mol. The number of anilines is 2. The van der Waals surface area contributed by atoms with Gasteiger partial charge in [0.1, 0.15) is 29.1 Å². The van der Waals surface area contributed by atoms with Crippen LogP contribution in [0.2, 0.25) is 0 Å². The Hall–Kier alpha value is -3.69. The highest BCUT2D eigenvalue weighted by Crippen LogP contribution is 2.39. The topological polar surface area (TPSA) is 121 Å². The molecule has 0 atom stereocenters. The van der Waals surface area contributed by atoms with E-state index >= 15 is 0 Å². The van der Waals surface area contributed by atoms with E-state index in [-0.39, 0.29) is 12.1 Å². The van der Waals surface area contributed by atoms with Gasteiger partial charge >= 0.3 is 0 Å². The van der Waals surface area contributed by atoms with Crippen molar-refractivity contribution in [3.63, 3.8) is 0 Å². The fourth-order valence-corrected chi connectivity index (χ4v) is 3.29. The van der Waals surface area contributed by atoms with Gasteiger partial charge in [0.25, 0.3) is 0 Å². The lowest BCUT2D eigenvalue weighted by atomic mass is 10.1. The molecule has 0 saturated heterocycles. The van der Waals surface area contributed by atoms with Crippen molar-refractivity contribution in [1.82, 2.24) is 34.6 Å². The Labute approximate surface area is 173 Å². The first-order chi connectivity index (χ1) is 14.5. The molecule has 0 amide bonds. The number of aromatic nitrogens is 7. The van der Waals surface area contributed by atoms with E-state index in [2.05, 4.69) is 25.6 Å². The van der Waals surface area contributed by atoms with Crippen molar-refractivity contribution in [2.24, 2.45) is 0 Å². The maximum Gasteiger partial charge on any atom is 0.223 e. The van der Waals surface area contributed by atoms with E-state index in [1.54, 1.807) is 21.5 Å². The van der Waals surface area contributed by atoms with Crippen LogP contribution >= 0.6 is 0 Å². The Bertz CT molecular complexity index is 1220. The van der Waals surface area contributed by atoms with Gasteiger partial charge < -0.3 is 15.8 Å². The van der Waals surface area contributed by atoms with Crippen LogP contribution in [-0.2, 0) is 0 Å². The third kappa shape index (κ3) is 3.10. The van der Waals surface area contributed by atoms with E-state index in [1.165, 1.54) is 0 Å². The summed E-state index contributed by atoms with van der Waals surface area (Å²) in [6.07, 6.45) is 5.91. The molecule has 0 aliphatic heterocycles. The first kappa shape index (κ1) is 18.3. The summed E-state index contributed by atoms with van der Waals surface area (Å²) in [5, 5.41) is 16.6. The van der Waals surface area contributed by atoms with E-state index in [4.69, 9.17) is 15.6 Å². The van der Waals surface area contributed by atoms with Crippen molar-refractivity contribution in [3.8, 4) is 28.4 Å². The third-order valence-electron chi connectivity index (χ3n) is 4.99. The molecule has 0 unspecified atom stereocenters. The van der Waals surface area contributed by atoms with Crippen LogP contribution < -0.4 is 15.8 Å². The van der Waals surface area contributed by atoms with Gasteiger partial charge in [-0.3, -0.25) is 0 Å². The number of hydrogen-bond acceptors (Lipinski definition) is 8. The maximum atomic E-state index is 6.08. The number of nitrogens with two attached hydrogens (primary N) is 1. The minimum Gasteiger partial charge on any atom is -0.474 e. The molecule has 0 spiro atoms. The summed E-state index contributed by atoms with van der Waals surface area (Å²) in [4.78, 5) is 9.02. The normalized spacial score (nSPS) is 13.9. The lowest BCUT2D eigenvalue weighted by Gasteiger charge is -2.08. The van der Waals surface area contributed by atoms with Gasteiger partial charge in [0.15, 0.2) is 5.65 Å². The molecule has 5 rings (SSSR count). The molecule has 1 saturated carbocycles. The average Bonchev–Trinajstić information content (AvgIpc) is 3.26. The molecule has 30 heavy (non-hydrogen) atoms. The largest absolute Gasteiger partial charge is 0.474 e. The van der Waals surface area contributed by atoms with Gasteiger partial charge in [-0.25, -0.2) is 14.6 Å². The molecule has 1 aliphatic carbocycles. The van der Waals surface area contributed by atoms with Gasteiger partial charge in [0, 0.05) is 25.4 Å². The van der Waals surface area contributed by atoms with Crippen molar-refractivity contribution < 1.29 is 4.74 Å². The standard InChI is InChI=1S/C20H23N9O/c1-11(2)28-10-14(25-27-28)17-18(13-5-4-8-23-20(13)30-12-6-7-12)26-29-16(22-3)9-15(21)24-19(17)29/h4-5,8-12,22H,6-7H2,1-3H3,(H2,21,24). The fraction of sp³-hybridized carbons (Fsp3) is 0.350. The Kier molecular flexibility index (Phi) is 4.27. The van der Waals surface area contributed by atoms with E-state index in [0.29, 0.717) is 28.7 Å². The summed E-state index contributed by atoms with van der Waals surface area (Å²) in [6.45, 7) is 4.10. The summed E-state index contributed by atoms with van der Waals surface area (Å²) in [7, 11) is 1.82. The Morgan fingerprint density at radius 3 is 2.83 bits per heavy atom. The van der Waals surface area contributed by atoms with Crippen LogP contribution in [0.3, 0.4) is 0 Å². The Balaban J connectivity index is 1.79. The molecular formula is C20H23N9O. The van der Waals surface area contributed by atoms with Gasteiger partial charge in [0.2, 0.25) is 5.88 Å². The van der Waals surface area contributed by atoms with Crippen LogP contribution in [0, 0.1) is 0 Å². The summed E-state index contributed by atoms with van der Waals surface area (Å²) < 4.78 is 9.59. The van der Waals surface area contributed by atoms with Crippen LogP contribution in [0.25, 0.3) is 28.2 Å². The molecule has 4 heterocycles. The van der Waals surface area contributed by atoms with Gasteiger partial charge in [-0.2, -0.15) is 9.61 Å². The quantitative estimate of drug-likeness (QED) is 0.502. The van der Waals surface area contributed by atoms with Crippen molar-refractivity contribution in [3.05, 3.63) is 30.6 Å². The zero-order valence-electron chi connectivity index (χ0n) is 17.1. The minimum atomic E-state index is 0.176. The van der Waals surface area contributed by atoms with E-state index in [1.807, 2.05) is 39.2 Å². The number of nitrogen functional groups attached to an aromatic ring is 1. The number of nitrogens with zero attached hydrogens (tertiary/aromatic N) is 7. The number of ether oxygens (including phenoxy) is 1. The highest BCUT2D eigenvalue weighted by Gasteiger charge is 2.28. The van der Waals surface area contributed by atoms with E-state index in [9.17, 15) is 0 Å². The van der Waals surface area contributed by atoms with Crippen LogP contribution in [0.5, 0.6) is 5.88 Å². The van der Waals surface area contributed by atoms with Gasteiger partial charge in [-0.05, 0) is 38.8 Å². The molecular weight excluding hydrogens is 382 g/mol. The van der Waals surface area contributed by atoms with Crippen LogP contribution in [0.15, 0.2) is 30.6 Å². The molecule has 4 aromatic rings. The van der Waals surface area contributed by atoms with E-state index < -0.39 is 0 Å². The Morgan fingerprint density at radius 2 is 2.13 bits per heavy atom. The summed E-state index contributed by atoms with van der Waals surface area (Å²) >= 11 is 0. The van der Waals surface area contributed by atoms with Crippen LogP contribution in [0.1, 0.15) is 32.7 Å². The number of fused-ring (bicyclic) bond motifs is 1. The Morgan fingerprint density at radius 1 is 1.30 bits per heavy atom. The van der Waals surface area contributed by atoms with E-state index in [0.717, 1.165) is 29.8 Å². The summed E-state index contributed by atoms with van der Waals surface area (Å²) in [6, 6.07) is 5.73. The molecule has 3 N–H and O–H groups in total. The van der Waals surface area contributed by atoms with Crippen molar-refractivity contribution >= 4 is 17.3 Å². The predicted molar refractivity (Wildman–Crippen MR) is 113 cm³/mol. The number of hydrogen-bond donors (Lipinski definition) is 2. The second-order valence-corrected chi connectivity index (χ2v) is 7.63. The molecule has 1 aliphatic rings. The number of nitrogens with one attached hydrogen (secondary N) is 1. The first-order valence-electron chi connectivity index (χ1n) is 9.96. The smallest absolute Gasteiger partial charge is 0.223 e. The third-order valence-corrected chi connectivity index (χ3v) is 4.99. The molecule has 4 aromatic heterocycles. The molecule has 10 heteroatoms. The van der Waals surface area contributed by atoms with Crippen molar-refractivity contribution in [1.29, 1.82) is 0 Å². The maximum absolute atomic E-state index is 6.08. The first-order valence-corrected chi connectivity index (χ1v) is 9.96. The fourth-order valence-electron chi connectivity index (χ4n) is 3.29. The minimum absolute atomic E-state index is 0.176. The number of pyridine rings is 1. The molecule has 1 fully saturated rings. The molecule has 0 bridgehead atoms. The molecule has 10 nitrogen and oxygen atoms in total. The SMILES string of the molecule is CNc1cc(N)nc2c(-c3cn(C(C)C)nn3)c(-c3cccnc3OC3CC3)nn12. The van der Waals surface area contributed by atoms with Crippen molar-refractivity contribution in [2.75, 3.05) is 18.1 Å². The second kappa shape index (κ2) is 6.97. The zero-order chi connectivity index (χ0) is 20.8. The molecule has 0 radical (unpaired) electrons. The predicted octanol–water partition coefficient (Wildman–Crippen LogP) is 2.80. The summed E-state index contributed by atoms with van der Waals surface area (Å²) in [5.41, 5.74) is 9.52. The molecule has 0 aromatic carbocycles. The van der Waals surface area contributed by atoms with Gasteiger partial charge in [0.05, 0.1) is 17.3 Å². The lowest BCUT2D eigenvalue weighted by Crippen LogP contribution is -2.03. The highest BCUT2D eigenvalue weighted by molar-refractivity contribution is 5.91. The second-order valence-electron chi connectivity index (χ2n) is 7.63. The van der Waals surface area contributed by atoms with Crippen molar-refractivity contribution in [2.45, 2.75) is 38.8 Å². The van der Waals surface area contributed by atoms with Crippen LogP contribution in [-0.4, -0.2) is 47.7 Å². The van der Waals surface area contributed by atoms with Gasteiger partial charge in [-0.1, -0.05) is 5.21 Å². The summed E-state index contributed by atoms with van der Waals surface area (Å²) in [5.74, 6) is 1.66. The monoisotopic (exact) mass is 405 g/mol. The lowest BCUT2D eigenvalue weighted by molar-refractivity contribution is 0.292. The highest BCUT2D eigenvalue weighted by atomic mass is 16.5. The molecule has 154 valence electrons.